The second-order valence-corrected chi connectivity index (χ2v) is 5.13. The topological polar surface area (TPSA) is 29.3 Å². The van der Waals surface area contributed by atoms with Crippen molar-refractivity contribution in [2.75, 3.05) is 13.6 Å². The van der Waals surface area contributed by atoms with E-state index in [4.69, 9.17) is 5.73 Å². The summed E-state index contributed by atoms with van der Waals surface area (Å²) in [7, 11) is 2.26. The van der Waals surface area contributed by atoms with Crippen molar-refractivity contribution in [2.24, 2.45) is 11.7 Å². The van der Waals surface area contributed by atoms with Crippen LogP contribution < -0.4 is 5.73 Å². The van der Waals surface area contributed by atoms with Crippen LogP contribution in [-0.4, -0.2) is 30.6 Å². The molecule has 0 heterocycles. The third-order valence-electron chi connectivity index (χ3n) is 3.94. The second kappa shape index (κ2) is 6.49. The van der Waals surface area contributed by atoms with Gasteiger partial charge >= 0.3 is 0 Å². The van der Waals surface area contributed by atoms with E-state index in [1.54, 1.807) is 0 Å². The van der Waals surface area contributed by atoms with E-state index >= 15 is 0 Å². The molecular weight excluding hydrogens is 184 g/mol. The van der Waals surface area contributed by atoms with Gasteiger partial charge in [-0.15, -0.1) is 0 Å². The van der Waals surface area contributed by atoms with E-state index in [1.807, 2.05) is 0 Å². The highest BCUT2D eigenvalue weighted by molar-refractivity contribution is 4.87. The molecule has 1 aliphatic carbocycles. The van der Waals surface area contributed by atoms with E-state index < -0.39 is 0 Å². The van der Waals surface area contributed by atoms with Crippen molar-refractivity contribution < 1.29 is 0 Å². The van der Waals surface area contributed by atoms with Crippen molar-refractivity contribution in [3.8, 4) is 0 Å². The summed E-state index contributed by atoms with van der Waals surface area (Å²) in [5.74, 6) is 0.954. The molecule has 1 saturated carbocycles. The Labute approximate surface area is 95.2 Å². The van der Waals surface area contributed by atoms with E-state index in [9.17, 15) is 0 Å². The molecule has 0 bridgehead atoms. The Balaban J connectivity index is 2.28. The van der Waals surface area contributed by atoms with Gasteiger partial charge in [0.2, 0.25) is 0 Å². The molecule has 2 nitrogen and oxygen atoms in total. The molecule has 0 amide bonds. The van der Waals surface area contributed by atoms with E-state index in [-0.39, 0.29) is 0 Å². The number of hydrogen-bond acceptors (Lipinski definition) is 2. The summed E-state index contributed by atoms with van der Waals surface area (Å²) in [4.78, 5) is 2.52. The van der Waals surface area contributed by atoms with Crippen LogP contribution in [0.5, 0.6) is 0 Å². The molecule has 2 heteroatoms. The number of hydrogen-bond donors (Lipinski definition) is 1. The fraction of sp³-hybridized carbons (Fsp3) is 1.00. The summed E-state index contributed by atoms with van der Waals surface area (Å²) in [5.41, 5.74) is 5.87. The summed E-state index contributed by atoms with van der Waals surface area (Å²) in [6.45, 7) is 5.44. The highest BCUT2D eigenvalue weighted by atomic mass is 15.2. The smallest absolute Gasteiger partial charge is 0.0218 e. The van der Waals surface area contributed by atoms with E-state index in [0.717, 1.165) is 18.5 Å². The van der Waals surface area contributed by atoms with E-state index in [1.165, 1.54) is 38.5 Å². The first-order chi connectivity index (χ1) is 7.20. The standard InChI is InChI=1S/C13H28N2/c1-4-5-6-7-13(10-14)15(3)11(2)12-8-9-12/h11-13H,4-10,14H2,1-3H3. The van der Waals surface area contributed by atoms with Crippen molar-refractivity contribution in [3.05, 3.63) is 0 Å². The van der Waals surface area contributed by atoms with Crippen molar-refractivity contribution in [3.63, 3.8) is 0 Å². The first-order valence-electron chi connectivity index (χ1n) is 6.62. The van der Waals surface area contributed by atoms with Gasteiger partial charge in [0, 0.05) is 18.6 Å². The lowest BCUT2D eigenvalue weighted by Gasteiger charge is -2.32. The van der Waals surface area contributed by atoms with Crippen LogP contribution in [-0.2, 0) is 0 Å². The third kappa shape index (κ3) is 4.12. The summed E-state index contributed by atoms with van der Waals surface area (Å²) in [6, 6.07) is 1.34. The summed E-state index contributed by atoms with van der Waals surface area (Å²) >= 11 is 0. The van der Waals surface area contributed by atoms with Gasteiger partial charge in [-0.25, -0.2) is 0 Å². The van der Waals surface area contributed by atoms with Crippen LogP contribution >= 0.6 is 0 Å². The van der Waals surface area contributed by atoms with Gasteiger partial charge in [0.15, 0.2) is 0 Å². The molecule has 0 spiro atoms. The first kappa shape index (κ1) is 13.0. The predicted octanol–water partition coefficient (Wildman–Crippen LogP) is 2.62. The van der Waals surface area contributed by atoms with E-state index in [2.05, 4.69) is 25.8 Å². The zero-order valence-corrected chi connectivity index (χ0v) is 10.7. The van der Waals surface area contributed by atoms with Gasteiger partial charge in [-0.3, -0.25) is 4.90 Å². The lowest BCUT2D eigenvalue weighted by molar-refractivity contribution is 0.160. The van der Waals surface area contributed by atoms with Gasteiger partial charge in [-0.2, -0.15) is 0 Å². The van der Waals surface area contributed by atoms with Crippen LogP contribution in [0.1, 0.15) is 52.4 Å². The highest BCUT2D eigenvalue weighted by Crippen LogP contribution is 2.35. The van der Waals surface area contributed by atoms with Crippen LogP contribution in [0.4, 0.5) is 0 Å². The van der Waals surface area contributed by atoms with Crippen LogP contribution in [0.25, 0.3) is 0 Å². The number of nitrogens with zero attached hydrogens (tertiary/aromatic N) is 1. The molecule has 2 N–H and O–H groups in total. The average Bonchev–Trinajstić information content (AvgIpc) is 3.06. The molecule has 0 aromatic heterocycles. The molecule has 15 heavy (non-hydrogen) atoms. The zero-order chi connectivity index (χ0) is 11.3. The van der Waals surface area contributed by atoms with Crippen LogP contribution in [0.2, 0.25) is 0 Å². The number of nitrogens with two attached hydrogens (primary N) is 1. The minimum Gasteiger partial charge on any atom is -0.329 e. The molecule has 0 aliphatic heterocycles. The number of likely N-dealkylation sites (N-methyl/N-ethyl adjacent to an activating group) is 1. The van der Waals surface area contributed by atoms with Crippen LogP contribution in [0.3, 0.4) is 0 Å². The molecule has 2 atom stereocenters. The monoisotopic (exact) mass is 212 g/mol. The lowest BCUT2D eigenvalue weighted by Crippen LogP contribution is -2.44. The zero-order valence-electron chi connectivity index (χ0n) is 10.7. The maximum Gasteiger partial charge on any atom is 0.0218 e. The van der Waals surface area contributed by atoms with Crippen LogP contribution in [0, 0.1) is 5.92 Å². The van der Waals surface area contributed by atoms with Gasteiger partial charge in [0.1, 0.15) is 0 Å². The Morgan fingerprint density at radius 1 is 1.33 bits per heavy atom. The average molecular weight is 212 g/mol. The Morgan fingerprint density at radius 3 is 2.47 bits per heavy atom. The molecule has 0 aromatic rings. The largest absolute Gasteiger partial charge is 0.329 e. The molecule has 0 saturated heterocycles. The summed E-state index contributed by atoms with van der Waals surface area (Å²) in [5, 5.41) is 0. The van der Waals surface area contributed by atoms with Gasteiger partial charge in [0.25, 0.3) is 0 Å². The summed E-state index contributed by atoms with van der Waals surface area (Å²) in [6.07, 6.45) is 8.12. The molecule has 0 aromatic carbocycles. The Morgan fingerprint density at radius 2 is 2.00 bits per heavy atom. The maximum atomic E-state index is 5.87. The Kier molecular flexibility index (Phi) is 5.62. The highest BCUT2D eigenvalue weighted by Gasteiger charge is 2.32. The number of unbranched alkanes of at least 4 members (excludes halogenated alkanes) is 2. The van der Waals surface area contributed by atoms with Crippen LogP contribution in [0.15, 0.2) is 0 Å². The minimum absolute atomic E-state index is 0.604. The van der Waals surface area contributed by atoms with Gasteiger partial charge in [0.05, 0.1) is 0 Å². The number of rotatable bonds is 8. The fourth-order valence-corrected chi connectivity index (χ4v) is 2.36. The fourth-order valence-electron chi connectivity index (χ4n) is 2.36. The van der Waals surface area contributed by atoms with Gasteiger partial charge in [-0.1, -0.05) is 26.2 Å². The molecular formula is C13H28N2. The Bertz CT molecular complexity index is 166. The Hall–Kier alpha value is -0.0800. The van der Waals surface area contributed by atoms with Crippen molar-refractivity contribution >= 4 is 0 Å². The second-order valence-electron chi connectivity index (χ2n) is 5.13. The first-order valence-corrected chi connectivity index (χ1v) is 6.62. The molecule has 1 fully saturated rings. The third-order valence-corrected chi connectivity index (χ3v) is 3.94. The van der Waals surface area contributed by atoms with Crippen molar-refractivity contribution in [1.82, 2.24) is 4.90 Å². The van der Waals surface area contributed by atoms with Gasteiger partial charge in [-0.05, 0) is 39.2 Å². The van der Waals surface area contributed by atoms with Crippen molar-refractivity contribution in [1.29, 1.82) is 0 Å². The SMILES string of the molecule is CCCCCC(CN)N(C)C(C)C1CC1. The van der Waals surface area contributed by atoms with Crippen molar-refractivity contribution in [2.45, 2.75) is 64.5 Å². The molecule has 1 rings (SSSR count). The molecule has 0 radical (unpaired) electrons. The lowest BCUT2D eigenvalue weighted by atomic mass is 10.0. The normalized spacial score (nSPS) is 20.6. The van der Waals surface area contributed by atoms with Gasteiger partial charge < -0.3 is 5.73 Å². The minimum atomic E-state index is 0.604. The molecule has 90 valence electrons. The quantitative estimate of drug-likeness (QED) is 0.627. The summed E-state index contributed by atoms with van der Waals surface area (Å²) < 4.78 is 0. The van der Waals surface area contributed by atoms with E-state index in [0.29, 0.717) is 6.04 Å². The predicted molar refractivity (Wildman–Crippen MR) is 66.9 cm³/mol. The maximum absolute atomic E-state index is 5.87. The molecule has 1 aliphatic rings. The molecule has 2 unspecified atom stereocenters.